The minimum absolute atomic E-state index is 0.0961. The van der Waals surface area contributed by atoms with Crippen molar-refractivity contribution in [3.8, 4) is 0 Å². The first-order valence-electron chi connectivity index (χ1n) is 10.3. The van der Waals surface area contributed by atoms with E-state index in [0.717, 1.165) is 36.6 Å². The number of nitrogens with zero attached hydrogens (tertiary/aromatic N) is 2. The van der Waals surface area contributed by atoms with Gasteiger partial charge in [-0.1, -0.05) is 31.5 Å². The van der Waals surface area contributed by atoms with Gasteiger partial charge < -0.3 is 20.3 Å². The molecule has 174 valence electrons. The Balaban J connectivity index is 1.60. The first-order chi connectivity index (χ1) is 15.1. The number of carbonyl (C=O) groups excluding carboxylic acids is 1. The summed E-state index contributed by atoms with van der Waals surface area (Å²) in [4.78, 5) is 19.4. The van der Waals surface area contributed by atoms with Gasteiger partial charge in [-0.25, -0.2) is 4.98 Å². The van der Waals surface area contributed by atoms with Crippen molar-refractivity contribution in [1.29, 1.82) is 0 Å². The van der Waals surface area contributed by atoms with Gasteiger partial charge in [0, 0.05) is 25.8 Å². The minimum Gasteiger partial charge on any atom is -0.378 e. The Morgan fingerprint density at radius 2 is 1.94 bits per heavy atom. The summed E-state index contributed by atoms with van der Waals surface area (Å²) < 4.78 is 43.9. The second kappa shape index (κ2) is 10.4. The lowest BCUT2D eigenvalue weighted by Gasteiger charge is -2.27. The lowest BCUT2D eigenvalue weighted by atomic mass is 10.0. The lowest BCUT2D eigenvalue weighted by molar-refractivity contribution is -0.137. The molecular weight excluding hydrogens is 445 g/mol. The zero-order valence-corrected chi connectivity index (χ0v) is 18.6. The Kier molecular flexibility index (Phi) is 7.84. The highest BCUT2D eigenvalue weighted by Crippen LogP contribution is 2.34. The molecule has 0 saturated carbocycles. The van der Waals surface area contributed by atoms with E-state index in [9.17, 15) is 18.0 Å². The predicted molar refractivity (Wildman–Crippen MR) is 118 cm³/mol. The van der Waals surface area contributed by atoms with Crippen LogP contribution in [0.2, 0.25) is 5.02 Å². The predicted octanol–water partition coefficient (Wildman–Crippen LogP) is 4.34. The van der Waals surface area contributed by atoms with Gasteiger partial charge in [-0.2, -0.15) is 13.2 Å². The third kappa shape index (κ3) is 6.26. The molecular formula is C22H26ClF3N4O2. The molecule has 1 aromatic heterocycles. The van der Waals surface area contributed by atoms with Crippen LogP contribution in [0, 0.1) is 5.92 Å². The average molecular weight is 471 g/mol. The minimum atomic E-state index is -4.48. The molecule has 3 rings (SSSR count). The molecule has 0 aliphatic carbocycles. The largest absolute Gasteiger partial charge is 0.416 e. The summed E-state index contributed by atoms with van der Waals surface area (Å²) in [6.45, 7) is 6.88. The van der Waals surface area contributed by atoms with Crippen molar-refractivity contribution in [3.63, 3.8) is 0 Å². The first kappa shape index (κ1) is 24.1. The maximum atomic E-state index is 12.9. The van der Waals surface area contributed by atoms with Gasteiger partial charge in [-0.15, -0.1) is 0 Å². The van der Waals surface area contributed by atoms with Crippen LogP contribution >= 0.6 is 11.6 Å². The maximum absolute atomic E-state index is 12.9. The summed E-state index contributed by atoms with van der Waals surface area (Å²) in [5, 5.41) is 5.73. The van der Waals surface area contributed by atoms with E-state index >= 15 is 0 Å². The number of anilines is 2. The van der Waals surface area contributed by atoms with Crippen LogP contribution in [0.3, 0.4) is 0 Å². The molecule has 32 heavy (non-hydrogen) atoms. The van der Waals surface area contributed by atoms with E-state index in [2.05, 4.69) is 20.5 Å². The van der Waals surface area contributed by atoms with Gasteiger partial charge in [-0.05, 0) is 35.7 Å². The van der Waals surface area contributed by atoms with Gasteiger partial charge in [0.25, 0.3) is 0 Å². The molecule has 1 fully saturated rings. The van der Waals surface area contributed by atoms with Crippen molar-refractivity contribution in [3.05, 3.63) is 52.7 Å². The van der Waals surface area contributed by atoms with Gasteiger partial charge in [0.05, 0.1) is 29.5 Å². The van der Waals surface area contributed by atoms with Crippen LogP contribution in [-0.2, 0) is 22.3 Å². The molecule has 0 bridgehead atoms. The Bertz CT molecular complexity index is 916. The molecule has 6 nitrogen and oxygen atoms in total. The number of ether oxygens (including phenoxy) is 1. The maximum Gasteiger partial charge on any atom is 0.416 e. The topological polar surface area (TPSA) is 66.5 Å². The van der Waals surface area contributed by atoms with E-state index in [4.69, 9.17) is 16.3 Å². The van der Waals surface area contributed by atoms with E-state index in [1.54, 1.807) is 6.20 Å². The zero-order chi connectivity index (χ0) is 23.3. The van der Waals surface area contributed by atoms with Crippen LogP contribution in [0.15, 0.2) is 36.5 Å². The fraction of sp³-hybridized carbons (Fsp3) is 0.455. The van der Waals surface area contributed by atoms with Crippen molar-refractivity contribution in [2.24, 2.45) is 5.92 Å². The molecule has 10 heteroatoms. The number of carbonyl (C=O) groups is 1. The summed E-state index contributed by atoms with van der Waals surface area (Å²) >= 11 is 6.03. The molecule has 1 saturated heterocycles. The van der Waals surface area contributed by atoms with Crippen LogP contribution < -0.4 is 15.5 Å². The van der Waals surface area contributed by atoms with Crippen molar-refractivity contribution >= 4 is 29.0 Å². The number of hydrogen-bond donors (Lipinski definition) is 2. The van der Waals surface area contributed by atoms with Crippen LogP contribution in [0.25, 0.3) is 0 Å². The second-order valence-corrected chi connectivity index (χ2v) is 8.31. The molecule has 1 atom stereocenters. The fourth-order valence-electron chi connectivity index (χ4n) is 3.31. The third-order valence-corrected chi connectivity index (χ3v) is 5.48. The molecule has 1 amide bonds. The van der Waals surface area contributed by atoms with E-state index in [1.165, 1.54) is 6.07 Å². The van der Waals surface area contributed by atoms with Crippen molar-refractivity contribution < 1.29 is 22.7 Å². The average Bonchev–Trinajstić information content (AvgIpc) is 2.76. The van der Waals surface area contributed by atoms with Crippen LogP contribution in [0.1, 0.15) is 25.0 Å². The van der Waals surface area contributed by atoms with Gasteiger partial charge >= 0.3 is 6.18 Å². The van der Waals surface area contributed by atoms with Crippen LogP contribution in [0.4, 0.5) is 24.7 Å². The van der Waals surface area contributed by atoms with E-state index in [1.807, 2.05) is 26.0 Å². The number of nitrogens with one attached hydrogen (secondary N) is 2. The summed E-state index contributed by atoms with van der Waals surface area (Å²) in [7, 11) is 0. The van der Waals surface area contributed by atoms with E-state index in [0.29, 0.717) is 13.2 Å². The third-order valence-electron chi connectivity index (χ3n) is 5.17. The number of pyridine rings is 1. The second-order valence-electron chi connectivity index (χ2n) is 7.90. The van der Waals surface area contributed by atoms with Crippen molar-refractivity contribution in [2.75, 3.05) is 36.5 Å². The van der Waals surface area contributed by atoms with Crippen molar-refractivity contribution in [2.45, 2.75) is 32.6 Å². The highest BCUT2D eigenvalue weighted by Gasteiger charge is 2.31. The number of amides is 1. The SMILES string of the molecule is CC(C)[C@@H](Nc1ccc(C(F)(F)F)cc1Cl)C(=O)NCc1ccc(N2CCOCC2)nc1. The fourth-order valence-corrected chi connectivity index (χ4v) is 3.55. The van der Waals surface area contributed by atoms with Gasteiger partial charge in [0.2, 0.25) is 5.91 Å². The summed E-state index contributed by atoms with van der Waals surface area (Å²) in [6.07, 6.45) is -2.77. The Hall–Kier alpha value is -2.52. The summed E-state index contributed by atoms with van der Waals surface area (Å²) in [5.41, 5.74) is 0.266. The van der Waals surface area contributed by atoms with Crippen LogP contribution in [0.5, 0.6) is 0 Å². The molecule has 2 aromatic rings. The monoisotopic (exact) mass is 470 g/mol. The van der Waals surface area contributed by atoms with Gasteiger partial charge in [0.1, 0.15) is 11.9 Å². The quantitative estimate of drug-likeness (QED) is 0.630. The molecule has 2 N–H and O–H groups in total. The standard InChI is InChI=1S/C22H26ClF3N4O2/c1-14(2)20(29-18-5-4-16(11-17(18)23)22(24,25)26)21(31)28-13-15-3-6-19(27-12-15)30-7-9-32-10-8-30/h3-6,11-12,14,20,29H,7-10,13H2,1-2H3,(H,28,31)/t20-/m1/s1. The Labute approximate surface area is 190 Å². The molecule has 0 unspecified atom stereocenters. The smallest absolute Gasteiger partial charge is 0.378 e. The summed E-state index contributed by atoms with van der Waals surface area (Å²) in [5.74, 6) is 0.449. The Morgan fingerprint density at radius 3 is 2.50 bits per heavy atom. The first-order valence-corrected chi connectivity index (χ1v) is 10.7. The number of aromatic nitrogens is 1. The van der Waals surface area contributed by atoms with Crippen LogP contribution in [-0.4, -0.2) is 43.2 Å². The summed E-state index contributed by atoms with van der Waals surface area (Å²) in [6, 6.07) is 6.16. The number of benzene rings is 1. The number of morpholine rings is 1. The molecule has 0 radical (unpaired) electrons. The highest BCUT2D eigenvalue weighted by molar-refractivity contribution is 6.33. The number of rotatable bonds is 7. The number of hydrogen-bond acceptors (Lipinski definition) is 5. The van der Waals surface area contributed by atoms with Gasteiger partial charge in [-0.3, -0.25) is 4.79 Å². The van der Waals surface area contributed by atoms with E-state index < -0.39 is 17.8 Å². The zero-order valence-electron chi connectivity index (χ0n) is 17.9. The Morgan fingerprint density at radius 1 is 1.22 bits per heavy atom. The molecule has 1 aliphatic heterocycles. The number of alkyl halides is 3. The number of halogens is 4. The normalized spacial score (nSPS) is 15.5. The molecule has 2 heterocycles. The molecule has 1 aromatic carbocycles. The lowest BCUT2D eigenvalue weighted by Crippen LogP contribution is -2.42. The highest BCUT2D eigenvalue weighted by atomic mass is 35.5. The molecule has 0 spiro atoms. The van der Waals surface area contributed by atoms with Crippen molar-refractivity contribution in [1.82, 2.24) is 10.3 Å². The van der Waals surface area contributed by atoms with Gasteiger partial charge in [0.15, 0.2) is 0 Å². The van der Waals surface area contributed by atoms with E-state index in [-0.39, 0.29) is 29.1 Å². The molecule has 1 aliphatic rings.